The number of nitrogens with zero attached hydrogens (tertiary/aromatic N) is 1. The molecule has 0 heterocycles. The van der Waals surface area contributed by atoms with E-state index in [0.717, 1.165) is 30.9 Å². The molecule has 0 aliphatic carbocycles. The van der Waals surface area contributed by atoms with Gasteiger partial charge in [0.05, 0.1) is 0 Å². The predicted octanol–water partition coefficient (Wildman–Crippen LogP) is 7.20. The fraction of sp³-hybridized carbons (Fsp3) is 0.370. The second-order valence-electron chi connectivity index (χ2n) is 7.46. The summed E-state index contributed by atoms with van der Waals surface area (Å²) in [6.45, 7) is 16.6. The van der Waals surface area contributed by atoms with Crippen LogP contribution < -0.4 is 4.74 Å². The first-order valence-corrected chi connectivity index (χ1v) is 12.8. The number of unbranched alkanes of at least 4 members (excludes halogenated alkanes) is 1. The second kappa shape index (κ2) is 16.5. The molecule has 167 valence electrons. The van der Waals surface area contributed by atoms with Crippen LogP contribution in [0.2, 0.25) is 0 Å². The Balaban J connectivity index is 0.000000861. The molecule has 4 heteroatoms. The van der Waals surface area contributed by atoms with Crippen molar-refractivity contribution in [3.05, 3.63) is 90.5 Å². The Morgan fingerprint density at radius 1 is 1.06 bits per heavy atom. The molecule has 0 amide bonds. The minimum absolute atomic E-state index is 0.600. The van der Waals surface area contributed by atoms with E-state index < -0.39 is 0 Å². The first-order chi connectivity index (χ1) is 14.9. The summed E-state index contributed by atoms with van der Waals surface area (Å²) in [6.07, 6.45) is 5.22. The summed E-state index contributed by atoms with van der Waals surface area (Å²) in [4.78, 5) is 2.54. The summed E-state index contributed by atoms with van der Waals surface area (Å²) >= 11 is 5.18. The van der Waals surface area contributed by atoms with Gasteiger partial charge >= 0.3 is 139 Å². The number of rotatable bonds is 12. The van der Waals surface area contributed by atoms with Gasteiger partial charge in [0.15, 0.2) is 0 Å². The van der Waals surface area contributed by atoms with E-state index in [0.29, 0.717) is 4.05 Å². The van der Waals surface area contributed by atoms with E-state index >= 15 is 0 Å². The van der Waals surface area contributed by atoms with Crippen LogP contribution in [-0.4, -0.2) is 32.9 Å². The molecule has 0 radical (unpaired) electrons. The Morgan fingerprint density at radius 2 is 1.65 bits per heavy atom. The first kappa shape index (κ1) is 27.9. The van der Waals surface area contributed by atoms with Crippen LogP contribution in [0, 0.1) is 0 Å². The molecule has 0 aliphatic heterocycles. The second-order valence-corrected chi connectivity index (χ2v) is 9.96. The molecular formula is C27H36INOV. The Kier molecular flexibility index (Phi) is 14.8. The monoisotopic (exact) mass is 568 g/mol. The van der Waals surface area contributed by atoms with E-state index in [4.69, 9.17) is 4.74 Å². The maximum atomic E-state index is 5.91. The van der Waals surface area contributed by atoms with Crippen molar-refractivity contribution in [1.82, 2.24) is 4.90 Å². The van der Waals surface area contributed by atoms with Crippen LogP contribution in [0.5, 0.6) is 5.75 Å². The van der Waals surface area contributed by atoms with Crippen molar-refractivity contribution < 1.29 is 21.7 Å². The van der Waals surface area contributed by atoms with Crippen molar-refractivity contribution in [2.75, 3.05) is 19.7 Å². The summed E-state index contributed by atoms with van der Waals surface area (Å²) in [5.74, 6) is 0.954. The van der Waals surface area contributed by atoms with Gasteiger partial charge in [-0.25, -0.2) is 0 Å². The predicted molar refractivity (Wildman–Crippen MR) is 141 cm³/mol. The molecule has 31 heavy (non-hydrogen) atoms. The number of allylic oxidation sites excluding steroid dienone is 2. The van der Waals surface area contributed by atoms with Gasteiger partial charge in [0.1, 0.15) is 0 Å². The van der Waals surface area contributed by atoms with E-state index in [-0.39, 0.29) is 0 Å². The average molecular weight is 568 g/mol. The summed E-state index contributed by atoms with van der Waals surface area (Å²) in [5.41, 5.74) is 3.47. The van der Waals surface area contributed by atoms with E-state index in [1.807, 2.05) is 13.0 Å². The van der Waals surface area contributed by atoms with E-state index in [2.05, 4.69) is 120 Å². The van der Waals surface area contributed by atoms with Crippen molar-refractivity contribution in [2.45, 2.75) is 44.1 Å². The third-order valence-electron chi connectivity index (χ3n) is 4.65. The smallest absolute Gasteiger partial charge is 0.0656 e. The van der Waals surface area contributed by atoms with Gasteiger partial charge in [-0.1, -0.05) is 54.3 Å². The Morgan fingerprint density at radius 3 is 2.16 bits per heavy atom. The molecule has 2 aromatic carbocycles. The normalized spacial score (nSPS) is 11.2. The van der Waals surface area contributed by atoms with Gasteiger partial charge < -0.3 is 0 Å². The van der Waals surface area contributed by atoms with Crippen molar-refractivity contribution in [3.8, 4) is 5.75 Å². The van der Waals surface area contributed by atoms with Crippen LogP contribution in [0.3, 0.4) is 0 Å². The van der Waals surface area contributed by atoms with Gasteiger partial charge in [-0.2, -0.15) is 0 Å². The van der Waals surface area contributed by atoms with Crippen LogP contribution in [0.1, 0.15) is 51.2 Å². The summed E-state index contributed by atoms with van der Waals surface area (Å²) in [7, 11) is 0. The molecule has 0 bridgehead atoms. The zero-order valence-corrected chi connectivity index (χ0v) is 22.7. The Labute approximate surface area is 212 Å². The number of alkyl halides is 1. The molecule has 2 aromatic rings. The molecule has 0 N–H and O–H groups in total. The zero-order chi connectivity index (χ0) is 23.1. The molecule has 0 spiro atoms. The number of hydrogen-bond acceptors (Lipinski definition) is 2. The van der Waals surface area contributed by atoms with Crippen LogP contribution in [0.4, 0.5) is 0 Å². The van der Waals surface area contributed by atoms with Gasteiger partial charge in [0.2, 0.25) is 0 Å². The maximum absolute atomic E-state index is 5.91. The quantitative estimate of drug-likeness (QED) is 0.0883. The average Bonchev–Trinajstić information content (AvgIpc) is 2.79. The van der Waals surface area contributed by atoms with Crippen LogP contribution in [0.15, 0.2) is 79.4 Å². The fourth-order valence-electron chi connectivity index (χ4n) is 2.83. The van der Waals surface area contributed by atoms with E-state index in [9.17, 15) is 0 Å². The van der Waals surface area contributed by atoms with Crippen LogP contribution >= 0.6 is 22.6 Å². The molecule has 0 unspecified atom stereocenters. The van der Waals surface area contributed by atoms with Gasteiger partial charge in [-0.15, -0.1) is 0 Å². The van der Waals surface area contributed by atoms with E-state index in [1.54, 1.807) is 6.08 Å². The third kappa shape index (κ3) is 11.9. The molecule has 0 saturated heterocycles. The molecule has 0 aromatic heterocycles. The van der Waals surface area contributed by atoms with Gasteiger partial charge in [-0.05, 0) is 20.3 Å². The first-order valence-electron chi connectivity index (χ1n) is 10.9. The number of benzene rings is 2. The number of ether oxygens (including phenoxy) is 1. The molecule has 0 aliphatic rings. The minimum Gasteiger partial charge on any atom is -0.0656 e. The van der Waals surface area contributed by atoms with Crippen molar-refractivity contribution >= 4 is 26.8 Å². The molecule has 0 fully saturated rings. The summed E-state index contributed by atoms with van der Waals surface area (Å²) in [5, 5.41) is 0. The fourth-order valence-corrected chi connectivity index (χ4v) is 3.86. The van der Waals surface area contributed by atoms with E-state index in [1.165, 1.54) is 34.7 Å². The van der Waals surface area contributed by atoms with Crippen molar-refractivity contribution in [1.29, 1.82) is 0 Å². The number of hydrogen-bond donors (Lipinski definition) is 0. The van der Waals surface area contributed by atoms with Gasteiger partial charge in [0, 0.05) is 0 Å². The van der Waals surface area contributed by atoms with Gasteiger partial charge in [0.25, 0.3) is 0 Å². The van der Waals surface area contributed by atoms with Crippen molar-refractivity contribution in [3.63, 3.8) is 0 Å². The summed E-state index contributed by atoms with van der Waals surface area (Å²) < 4.78 is 7.74. The third-order valence-corrected chi connectivity index (χ3v) is 6.24. The molecule has 2 rings (SSSR count). The minimum atomic E-state index is 0.600. The topological polar surface area (TPSA) is 12.5 Å². The Hall–Kier alpha value is -1.14. The van der Waals surface area contributed by atoms with Gasteiger partial charge in [-0.3, -0.25) is 0 Å². The van der Waals surface area contributed by atoms with Crippen molar-refractivity contribution in [2.24, 2.45) is 0 Å². The molecule has 2 nitrogen and oxygen atoms in total. The zero-order valence-electron chi connectivity index (χ0n) is 19.2. The summed E-state index contributed by atoms with van der Waals surface area (Å²) in [6, 6.07) is 18.9. The molecule has 1 atom stereocenters. The standard InChI is InChI=1S/C22H28INO.C5H8.V/c1-3-15-24(19(2)23)16-7-8-17-25-22-13-11-21(12-14-22)18-20-9-5-4-6-10-20;1-4-5(2)3;/h4-6,9-14,19H,3,7-8,15-17H2,1-2H3;4H,1-2H2,3H3;/t19-;;/m0../s1. The number of halogens is 1. The molecular weight excluding hydrogens is 532 g/mol. The van der Waals surface area contributed by atoms with Crippen LogP contribution in [-0.2, 0) is 17.0 Å². The SMILES string of the molecule is C=CC(=C)C.CCCN(CCCCOc1ccc([C](=[V])c2ccccc2)cc1)[C@@H](C)I. The van der Waals surface area contributed by atoms with Crippen LogP contribution in [0.25, 0.3) is 0 Å². The molecule has 0 saturated carbocycles. The Bertz CT molecular complexity index is 787.